The SMILES string of the molecule is O=C1NCC(c2cncc(Cl)c2)=NN1. The molecule has 0 aliphatic carbocycles. The lowest BCUT2D eigenvalue weighted by molar-refractivity contribution is 0.241. The van der Waals surface area contributed by atoms with E-state index in [1.807, 2.05) is 0 Å². The van der Waals surface area contributed by atoms with Crippen molar-refractivity contribution in [3.63, 3.8) is 0 Å². The second-order valence-electron chi connectivity index (χ2n) is 2.74. The summed E-state index contributed by atoms with van der Waals surface area (Å²) >= 11 is 5.77. The number of hydrogen-bond acceptors (Lipinski definition) is 3. The van der Waals surface area contributed by atoms with Crippen molar-refractivity contribution in [1.82, 2.24) is 15.7 Å². The predicted octanol–water partition coefficient (Wildman–Crippen LogP) is 0.752. The van der Waals surface area contributed by atoms with Crippen LogP contribution in [0, 0.1) is 0 Å². The standard InChI is InChI=1S/C8H7ClN4O/c9-6-1-5(2-10-3-6)7-4-11-8(14)13-12-7/h1-3H,4H2,(H2,11,13,14). The zero-order valence-electron chi connectivity index (χ0n) is 7.12. The molecular weight excluding hydrogens is 204 g/mol. The second kappa shape index (κ2) is 3.63. The maximum Gasteiger partial charge on any atom is 0.335 e. The third kappa shape index (κ3) is 1.82. The molecule has 0 spiro atoms. The summed E-state index contributed by atoms with van der Waals surface area (Å²) in [6.45, 7) is 0.383. The van der Waals surface area contributed by atoms with E-state index in [1.165, 1.54) is 0 Å². The van der Waals surface area contributed by atoms with E-state index >= 15 is 0 Å². The van der Waals surface area contributed by atoms with Gasteiger partial charge in [-0.1, -0.05) is 11.6 Å². The Labute approximate surface area is 85.2 Å². The van der Waals surface area contributed by atoms with Crippen LogP contribution in [0.2, 0.25) is 5.02 Å². The van der Waals surface area contributed by atoms with Gasteiger partial charge in [0.05, 0.1) is 17.3 Å². The summed E-state index contributed by atoms with van der Waals surface area (Å²) in [4.78, 5) is 14.7. The van der Waals surface area contributed by atoms with Crippen LogP contribution in [0.15, 0.2) is 23.6 Å². The van der Waals surface area contributed by atoms with Crippen LogP contribution in [0.3, 0.4) is 0 Å². The van der Waals surface area contributed by atoms with Crippen LogP contribution in [0.25, 0.3) is 0 Å². The Kier molecular flexibility index (Phi) is 2.32. The average molecular weight is 211 g/mol. The van der Waals surface area contributed by atoms with Gasteiger partial charge in [0.2, 0.25) is 0 Å². The fourth-order valence-corrected chi connectivity index (χ4v) is 1.27. The van der Waals surface area contributed by atoms with Crippen LogP contribution in [0.5, 0.6) is 0 Å². The number of amides is 2. The molecule has 1 aliphatic heterocycles. The fourth-order valence-electron chi connectivity index (χ4n) is 1.10. The number of nitrogens with one attached hydrogen (secondary N) is 2. The van der Waals surface area contributed by atoms with Gasteiger partial charge in [-0.25, -0.2) is 10.2 Å². The molecule has 6 heteroatoms. The van der Waals surface area contributed by atoms with Gasteiger partial charge < -0.3 is 5.32 Å². The summed E-state index contributed by atoms with van der Waals surface area (Å²) in [6, 6.07) is 1.44. The molecule has 14 heavy (non-hydrogen) atoms. The molecule has 2 amide bonds. The van der Waals surface area contributed by atoms with Crippen LogP contribution < -0.4 is 10.7 Å². The van der Waals surface area contributed by atoms with Gasteiger partial charge >= 0.3 is 6.03 Å². The van der Waals surface area contributed by atoms with Gasteiger partial charge in [-0.3, -0.25) is 4.98 Å². The lowest BCUT2D eigenvalue weighted by Crippen LogP contribution is -2.42. The molecule has 0 atom stereocenters. The first-order valence-corrected chi connectivity index (χ1v) is 4.35. The van der Waals surface area contributed by atoms with E-state index in [2.05, 4.69) is 20.8 Å². The summed E-state index contributed by atoms with van der Waals surface area (Å²) in [5.41, 5.74) is 3.82. The number of urea groups is 1. The monoisotopic (exact) mass is 210 g/mol. The summed E-state index contributed by atoms with van der Waals surface area (Å²) in [5, 5.41) is 7.02. The molecule has 1 aromatic rings. The Morgan fingerprint density at radius 3 is 2.93 bits per heavy atom. The first-order valence-electron chi connectivity index (χ1n) is 3.97. The number of nitrogens with zero attached hydrogens (tertiary/aromatic N) is 2. The average Bonchev–Trinajstić information content (AvgIpc) is 2.19. The zero-order valence-corrected chi connectivity index (χ0v) is 7.88. The largest absolute Gasteiger partial charge is 0.335 e. The molecule has 1 aromatic heterocycles. The van der Waals surface area contributed by atoms with Crippen molar-refractivity contribution in [2.75, 3.05) is 6.54 Å². The Bertz CT molecular complexity index is 404. The van der Waals surface area contributed by atoms with E-state index in [-0.39, 0.29) is 6.03 Å². The summed E-state index contributed by atoms with van der Waals surface area (Å²) < 4.78 is 0. The van der Waals surface area contributed by atoms with E-state index in [0.717, 1.165) is 5.56 Å². The van der Waals surface area contributed by atoms with Crippen molar-refractivity contribution in [2.24, 2.45) is 5.10 Å². The van der Waals surface area contributed by atoms with Crippen LogP contribution in [0.4, 0.5) is 4.79 Å². The molecule has 1 aliphatic rings. The van der Waals surface area contributed by atoms with Crippen LogP contribution in [-0.2, 0) is 0 Å². The van der Waals surface area contributed by atoms with Crippen LogP contribution >= 0.6 is 11.6 Å². The first kappa shape index (κ1) is 8.96. The van der Waals surface area contributed by atoms with E-state index < -0.39 is 0 Å². The Morgan fingerprint density at radius 2 is 2.29 bits per heavy atom. The van der Waals surface area contributed by atoms with Crippen molar-refractivity contribution in [3.8, 4) is 0 Å². The quantitative estimate of drug-likeness (QED) is 0.719. The Hall–Kier alpha value is -1.62. The number of rotatable bonds is 1. The number of carbonyl (C=O) groups excluding carboxylic acids is 1. The predicted molar refractivity (Wildman–Crippen MR) is 52.3 cm³/mol. The Balaban J connectivity index is 2.27. The Morgan fingerprint density at radius 1 is 1.43 bits per heavy atom. The van der Waals surface area contributed by atoms with Gasteiger partial charge in [0.1, 0.15) is 0 Å². The minimum Gasteiger partial charge on any atom is -0.331 e. The van der Waals surface area contributed by atoms with Gasteiger partial charge in [-0.05, 0) is 6.07 Å². The third-order valence-electron chi connectivity index (χ3n) is 1.75. The first-order chi connectivity index (χ1) is 6.75. The molecule has 2 N–H and O–H groups in total. The van der Waals surface area contributed by atoms with E-state index in [1.54, 1.807) is 18.5 Å². The highest BCUT2D eigenvalue weighted by molar-refractivity contribution is 6.30. The summed E-state index contributed by atoms with van der Waals surface area (Å²) in [5.74, 6) is 0. The highest BCUT2D eigenvalue weighted by Gasteiger charge is 2.12. The van der Waals surface area contributed by atoms with E-state index in [4.69, 9.17) is 11.6 Å². The number of pyridine rings is 1. The van der Waals surface area contributed by atoms with Gasteiger partial charge in [0.15, 0.2) is 0 Å². The van der Waals surface area contributed by atoms with Gasteiger partial charge in [-0.2, -0.15) is 5.10 Å². The fraction of sp³-hybridized carbons (Fsp3) is 0.125. The van der Waals surface area contributed by atoms with E-state index in [9.17, 15) is 4.79 Å². The lowest BCUT2D eigenvalue weighted by Gasteiger charge is -2.13. The molecule has 0 radical (unpaired) electrons. The van der Waals surface area contributed by atoms with Crippen LogP contribution in [0.1, 0.15) is 5.56 Å². The molecule has 72 valence electrons. The summed E-state index contributed by atoms with van der Waals surface area (Å²) in [6.07, 6.45) is 3.18. The number of aromatic nitrogens is 1. The maximum absolute atomic E-state index is 10.7. The molecule has 0 saturated heterocycles. The number of hydrogen-bond donors (Lipinski definition) is 2. The molecule has 0 saturated carbocycles. The van der Waals surface area contributed by atoms with Gasteiger partial charge in [0, 0.05) is 18.0 Å². The third-order valence-corrected chi connectivity index (χ3v) is 1.95. The highest BCUT2D eigenvalue weighted by atomic mass is 35.5. The number of halogens is 1. The van der Waals surface area contributed by atoms with Gasteiger partial charge in [-0.15, -0.1) is 0 Å². The highest BCUT2D eigenvalue weighted by Crippen LogP contribution is 2.09. The second-order valence-corrected chi connectivity index (χ2v) is 3.18. The molecule has 2 rings (SSSR count). The zero-order chi connectivity index (χ0) is 9.97. The molecular formula is C8H7ClN4O. The molecule has 0 aromatic carbocycles. The van der Waals surface area contributed by atoms with Crippen LogP contribution in [-0.4, -0.2) is 23.3 Å². The molecule has 5 nitrogen and oxygen atoms in total. The lowest BCUT2D eigenvalue weighted by atomic mass is 10.2. The van der Waals surface area contributed by atoms with Crippen molar-refractivity contribution in [1.29, 1.82) is 0 Å². The number of hydrazone groups is 1. The van der Waals surface area contributed by atoms with Crippen molar-refractivity contribution in [2.45, 2.75) is 0 Å². The minimum atomic E-state index is -0.302. The molecule has 0 fully saturated rings. The van der Waals surface area contributed by atoms with E-state index in [0.29, 0.717) is 17.3 Å². The molecule has 0 bridgehead atoms. The van der Waals surface area contributed by atoms with Gasteiger partial charge in [0.25, 0.3) is 0 Å². The normalized spacial score (nSPS) is 15.5. The van der Waals surface area contributed by atoms with Crippen molar-refractivity contribution >= 4 is 23.3 Å². The smallest absolute Gasteiger partial charge is 0.331 e. The molecule has 0 unspecified atom stereocenters. The minimum absolute atomic E-state index is 0.302. The van der Waals surface area contributed by atoms with Crippen molar-refractivity contribution in [3.05, 3.63) is 29.0 Å². The molecule has 2 heterocycles. The number of carbonyl (C=O) groups is 1. The van der Waals surface area contributed by atoms with Crippen molar-refractivity contribution < 1.29 is 4.79 Å². The maximum atomic E-state index is 10.7. The summed E-state index contributed by atoms with van der Waals surface area (Å²) in [7, 11) is 0. The topological polar surface area (TPSA) is 66.4 Å².